The third-order valence-corrected chi connectivity index (χ3v) is 13.8. The van der Waals surface area contributed by atoms with Gasteiger partial charge >= 0.3 is 0 Å². The minimum atomic E-state index is -0.276. The first-order valence-electron chi connectivity index (χ1n) is 21.2. The second-order valence-corrected chi connectivity index (χ2v) is 17.0. The van der Waals surface area contributed by atoms with Crippen LogP contribution >= 0.6 is 0 Å². The zero-order valence-electron chi connectivity index (χ0n) is 33.2. The van der Waals surface area contributed by atoms with Crippen LogP contribution in [-0.2, 0) is 0 Å². The topological polar surface area (TPSA) is 0 Å². The number of hydrogen-bond acceptors (Lipinski definition) is 0. The maximum Gasteiger partial charge on any atom is 0.123 e. The number of rotatable bonds is 3. The van der Waals surface area contributed by atoms with Crippen LogP contribution in [0.2, 0.25) is 0 Å². The molecule has 1 aliphatic carbocycles. The summed E-state index contributed by atoms with van der Waals surface area (Å²) in [4.78, 5) is 0. The van der Waals surface area contributed by atoms with Gasteiger partial charge in [0.1, 0.15) is 11.6 Å². The number of fused-ring (bicyclic) bond motifs is 11. The van der Waals surface area contributed by atoms with Gasteiger partial charge in [-0.2, -0.15) is 0 Å². The van der Waals surface area contributed by atoms with Crippen molar-refractivity contribution in [3.63, 3.8) is 0 Å². The monoisotopic (exact) mass is 790 g/mol. The van der Waals surface area contributed by atoms with Gasteiger partial charge in [-0.1, -0.05) is 133 Å². The van der Waals surface area contributed by atoms with E-state index in [1.807, 2.05) is 24.3 Å². The highest BCUT2D eigenvalue weighted by molar-refractivity contribution is 6.38. The van der Waals surface area contributed by atoms with Crippen LogP contribution in [0.4, 0.5) is 8.78 Å². The molecular formula is C60H32F2. The van der Waals surface area contributed by atoms with Crippen molar-refractivity contribution in [3.8, 4) is 55.6 Å². The van der Waals surface area contributed by atoms with Crippen molar-refractivity contribution in [2.75, 3.05) is 0 Å². The summed E-state index contributed by atoms with van der Waals surface area (Å²) in [5.41, 5.74) is 10.9. The van der Waals surface area contributed by atoms with Gasteiger partial charge in [0, 0.05) is 0 Å². The average Bonchev–Trinajstić information content (AvgIpc) is 3.64. The summed E-state index contributed by atoms with van der Waals surface area (Å²) >= 11 is 0. The molecule has 0 atom stereocenters. The smallest absolute Gasteiger partial charge is 0.123 e. The van der Waals surface area contributed by atoms with E-state index < -0.39 is 0 Å². The van der Waals surface area contributed by atoms with Gasteiger partial charge in [-0.25, -0.2) is 8.78 Å². The van der Waals surface area contributed by atoms with E-state index in [-0.39, 0.29) is 11.6 Å². The fourth-order valence-corrected chi connectivity index (χ4v) is 11.2. The van der Waals surface area contributed by atoms with Crippen molar-refractivity contribution >= 4 is 86.2 Å². The molecule has 62 heavy (non-hydrogen) atoms. The van der Waals surface area contributed by atoms with Gasteiger partial charge in [0.25, 0.3) is 0 Å². The van der Waals surface area contributed by atoms with Gasteiger partial charge in [0.05, 0.1) is 0 Å². The van der Waals surface area contributed by atoms with Crippen molar-refractivity contribution in [3.05, 3.63) is 206 Å². The zero-order valence-corrected chi connectivity index (χ0v) is 33.2. The highest BCUT2D eigenvalue weighted by atomic mass is 19.1. The lowest BCUT2D eigenvalue weighted by molar-refractivity contribution is 0.627. The highest BCUT2D eigenvalue weighted by Crippen LogP contribution is 2.61. The Bertz CT molecular complexity index is 4070. The molecule has 0 N–H and O–H groups in total. The predicted octanol–water partition coefficient (Wildman–Crippen LogP) is 17.3. The van der Waals surface area contributed by atoms with Crippen LogP contribution in [0.25, 0.3) is 142 Å². The van der Waals surface area contributed by atoms with Crippen LogP contribution in [0.3, 0.4) is 0 Å². The fraction of sp³-hybridized carbons (Fsp3) is 0. The molecule has 0 aromatic heterocycles. The van der Waals surface area contributed by atoms with Crippen molar-refractivity contribution in [1.82, 2.24) is 0 Å². The summed E-state index contributed by atoms with van der Waals surface area (Å²) in [6, 6.07) is 67.5. The lowest BCUT2D eigenvalue weighted by atomic mass is 9.80. The van der Waals surface area contributed by atoms with Crippen LogP contribution in [0.1, 0.15) is 0 Å². The highest BCUT2D eigenvalue weighted by Gasteiger charge is 2.34. The van der Waals surface area contributed by atoms with Gasteiger partial charge < -0.3 is 0 Å². The molecule has 0 bridgehead atoms. The van der Waals surface area contributed by atoms with Crippen molar-refractivity contribution in [1.29, 1.82) is 0 Å². The molecule has 0 heterocycles. The minimum Gasteiger partial charge on any atom is -0.207 e. The molecule has 0 spiro atoms. The van der Waals surface area contributed by atoms with Crippen LogP contribution in [-0.4, -0.2) is 0 Å². The second-order valence-electron chi connectivity index (χ2n) is 17.0. The maximum absolute atomic E-state index is 15.0. The first-order valence-corrected chi connectivity index (χ1v) is 21.2. The summed E-state index contributed by atoms with van der Waals surface area (Å²) in [5.74, 6) is -0.552. The molecule has 0 amide bonds. The molecule has 2 heteroatoms. The molecule has 0 fully saturated rings. The Morgan fingerprint density at radius 3 is 1.35 bits per heavy atom. The molecule has 0 nitrogen and oxygen atoms in total. The summed E-state index contributed by atoms with van der Waals surface area (Å²) in [5, 5.41) is 18.9. The van der Waals surface area contributed by atoms with E-state index >= 15 is 4.39 Å². The van der Waals surface area contributed by atoms with Crippen molar-refractivity contribution < 1.29 is 8.78 Å². The number of halogens is 2. The van der Waals surface area contributed by atoms with E-state index in [2.05, 4.69) is 146 Å². The van der Waals surface area contributed by atoms with Gasteiger partial charge in [-0.3, -0.25) is 0 Å². The third-order valence-electron chi connectivity index (χ3n) is 13.8. The Morgan fingerprint density at radius 2 is 0.726 bits per heavy atom. The molecular weight excluding hydrogens is 759 g/mol. The van der Waals surface area contributed by atoms with Crippen LogP contribution in [0, 0.1) is 11.6 Å². The van der Waals surface area contributed by atoms with Gasteiger partial charge in [0.15, 0.2) is 0 Å². The zero-order chi connectivity index (χ0) is 40.8. The average molecular weight is 791 g/mol. The van der Waals surface area contributed by atoms with Crippen molar-refractivity contribution in [2.45, 2.75) is 0 Å². The predicted molar refractivity (Wildman–Crippen MR) is 258 cm³/mol. The lowest BCUT2D eigenvalue weighted by Crippen LogP contribution is -1.95. The Labute approximate surface area is 354 Å². The van der Waals surface area contributed by atoms with E-state index in [0.29, 0.717) is 0 Å². The first-order chi connectivity index (χ1) is 30.6. The molecule has 13 aromatic carbocycles. The van der Waals surface area contributed by atoms with E-state index in [1.54, 1.807) is 24.3 Å². The molecule has 1 aliphatic rings. The van der Waals surface area contributed by atoms with Gasteiger partial charge in [-0.15, -0.1) is 0 Å². The molecule has 0 aliphatic heterocycles. The molecule has 13 aromatic rings. The molecule has 0 unspecified atom stereocenters. The maximum atomic E-state index is 15.0. The summed E-state index contributed by atoms with van der Waals surface area (Å²) < 4.78 is 30.0. The van der Waals surface area contributed by atoms with Crippen molar-refractivity contribution in [2.24, 2.45) is 0 Å². The Kier molecular flexibility index (Phi) is 6.72. The van der Waals surface area contributed by atoms with Crippen LogP contribution in [0.15, 0.2) is 194 Å². The quantitative estimate of drug-likeness (QED) is 0.124. The summed E-state index contributed by atoms with van der Waals surface area (Å²) in [7, 11) is 0. The largest absolute Gasteiger partial charge is 0.207 e. The summed E-state index contributed by atoms with van der Waals surface area (Å²) in [6.45, 7) is 0. The molecule has 286 valence electrons. The normalized spacial score (nSPS) is 12.4. The fourth-order valence-electron chi connectivity index (χ4n) is 11.2. The van der Waals surface area contributed by atoms with E-state index in [1.165, 1.54) is 70.2 Å². The number of hydrogen-bond donors (Lipinski definition) is 0. The Hall–Kier alpha value is -7.94. The lowest BCUT2D eigenvalue weighted by Gasteiger charge is -2.22. The number of benzene rings is 13. The standard InChI is InChI=1S/C60H32F2/c61-40-22-17-35(18-23-40)55-50-31-48-43-16-7-6-15-42(43)46-27-37-11-4-5-12-38(37)28-47(46)49(48)32-51(50)56(36-19-24-41(62)25-20-36)60-53-30-45(33-9-2-1-3-10-33)44-26-21-34-13-8-14-39-29-52(59(55)60)57(53)58(44)54(34)39/h1-32H. The molecule has 14 rings (SSSR count). The van der Waals surface area contributed by atoms with Gasteiger partial charge in [-0.05, 0) is 202 Å². The SMILES string of the molecule is Fc1ccc(-c2c3c(c(-c4ccc(F)cc4)c4cc5c6cc7ccccc7cc6c6ccccc6c5cc24)-c2cc(-c4ccccc4)c4ccc5cccc6cc-3c2c4c56)cc1. The second kappa shape index (κ2) is 12.3. The summed E-state index contributed by atoms with van der Waals surface area (Å²) in [6.07, 6.45) is 0. The third kappa shape index (κ3) is 4.53. The van der Waals surface area contributed by atoms with E-state index in [4.69, 9.17) is 0 Å². The minimum absolute atomic E-state index is 0.275. The van der Waals surface area contributed by atoms with Crippen LogP contribution in [0.5, 0.6) is 0 Å². The molecule has 0 saturated carbocycles. The Balaban J connectivity index is 1.26. The molecule has 0 radical (unpaired) electrons. The first kappa shape index (κ1) is 33.8. The van der Waals surface area contributed by atoms with E-state index in [0.717, 1.165) is 71.6 Å². The Morgan fingerprint density at radius 1 is 0.226 bits per heavy atom. The molecule has 0 saturated heterocycles. The van der Waals surface area contributed by atoms with E-state index in [9.17, 15) is 4.39 Å². The van der Waals surface area contributed by atoms with Crippen LogP contribution < -0.4 is 0 Å². The van der Waals surface area contributed by atoms with Gasteiger partial charge in [0.2, 0.25) is 0 Å².